The van der Waals surface area contributed by atoms with Crippen molar-refractivity contribution in [1.29, 1.82) is 0 Å². The van der Waals surface area contributed by atoms with Gasteiger partial charge in [-0.1, -0.05) is 26.1 Å². The predicted molar refractivity (Wildman–Crippen MR) is 69.6 cm³/mol. The summed E-state index contributed by atoms with van der Waals surface area (Å²) in [5.74, 6) is 0.570. The number of aromatic nitrogens is 2. The van der Waals surface area contributed by atoms with Gasteiger partial charge in [0.05, 0.1) is 5.56 Å². The van der Waals surface area contributed by atoms with Gasteiger partial charge >= 0.3 is 0 Å². The molecular weight excluding hydrogens is 235 g/mol. The van der Waals surface area contributed by atoms with Crippen LogP contribution < -0.4 is 0 Å². The summed E-state index contributed by atoms with van der Waals surface area (Å²) in [6.45, 7) is 7.65. The van der Waals surface area contributed by atoms with Gasteiger partial charge in [0, 0.05) is 11.3 Å². The third kappa shape index (κ3) is 1.97. The molecule has 0 spiro atoms. The highest BCUT2D eigenvalue weighted by Crippen LogP contribution is 2.29. The van der Waals surface area contributed by atoms with Crippen LogP contribution in [0.4, 0.5) is 4.39 Å². The average Bonchev–Trinajstić information content (AvgIpc) is 2.25. The zero-order chi connectivity index (χ0) is 12.7. The van der Waals surface area contributed by atoms with E-state index in [-0.39, 0.29) is 11.7 Å². The van der Waals surface area contributed by atoms with Crippen LogP contribution in [0.5, 0.6) is 0 Å². The Kier molecular flexibility index (Phi) is 3.00. The third-order valence-electron chi connectivity index (χ3n) is 3.07. The second kappa shape index (κ2) is 4.18. The molecule has 0 radical (unpaired) electrons. The smallest absolute Gasteiger partial charge is 0.142 e. The third-order valence-corrected chi connectivity index (χ3v) is 3.40. The second-order valence-electron chi connectivity index (χ2n) is 4.62. The van der Waals surface area contributed by atoms with E-state index in [4.69, 9.17) is 12.2 Å². The molecule has 0 aliphatic carbocycles. The first-order valence-corrected chi connectivity index (χ1v) is 6.02. The molecule has 4 heteroatoms. The molecule has 2 heterocycles. The monoisotopic (exact) mass is 250 g/mol. The second-order valence-corrected chi connectivity index (χ2v) is 5.01. The highest BCUT2D eigenvalue weighted by molar-refractivity contribution is 7.71. The number of hydrogen-bond donors (Lipinski definition) is 1. The number of nitrogens with one attached hydrogen (secondary N) is 1. The van der Waals surface area contributed by atoms with E-state index in [1.165, 1.54) is 0 Å². The summed E-state index contributed by atoms with van der Waals surface area (Å²) in [7, 11) is 0. The topological polar surface area (TPSA) is 28.7 Å². The van der Waals surface area contributed by atoms with Gasteiger partial charge in [0.1, 0.15) is 16.3 Å². The minimum absolute atomic E-state index is 0.208. The molecule has 0 amide bonds. The lowest BCUT2D eigenvalue weighted by Crippen LogP contribution is -2.04. The van der Waals surface area contributed by atoms with Crippen molar-refractivity contribution in [3.8, 4) is 11.4 Å². The molecule has 0 saturated carbocycles. The maximum atomic E-state index is 14.1. The van der Waals surface area contributed by atoms with Crippen molar-refractivity contribution >= 4 is 12.2 Å². The molecule has 90 valence electrons. The standard InChI is InChI=1S/C13H15FN2S/c1-6(2)9-5-10-11(14)7(3)8(4)15-12(10)16-13(9)17/h5-6H,1-4H3,(H,15,16,17). The van der Waals surface area contributed by atoms with E-state index < -0.39 is 0 Å². The van der Waals surface area contributed by atoms with Crippen LogP contribution in [0, 0.1) is 24.3 Å². The molecule has 2 aliphatic rings. The van der Waals surface area contributed by atoms with Crippen molar-refractivity contribution in [2.24, 2.45) is 0 Å². The lowest BCUT2D eigenvalue weighted by Gasteiger charge is -2.14. The maximum absolute atomic E-state index is 14.1. The normalized spacial score (nSPS) is 11.4. The largest absolute Gasteiger partial charge is 0.343 e. The molecule has 0 bridgehead atoms. The summed E-state index contributed by atoms with van der Waals surface area (Å²) in [5, 5.41) is 0. The highest BCUT2D eigenvalue weighted by atomic mass is 32.1. The van der Waals surface area contributed by atoms with Crippen LogP contribution >= 0.6 is 12.2 Å². The first-order valence-electron chi connectivity index (χ1n) is 5.61. The molecule has 2 nitrogen and oxygen atoms in total. The molecule has 0 aromatic heterocycles. The van der Waals surface area contributed by atoms with Crippen molar-refractivity contribution < 1.29 is 4.39 Å². The fraction of sp³-hybridized carbons (Fsp3) is 0.385. The van der Waals surface area contributed by atoms with Crippen LogP contribution in [0.15, 0.2) is 6.07 Å². The van der Waals surface area contributed by atoms with Crippen LogP contribution in [0.3, 0.4) is 0 Å². The molecule has 0 fully saturated rings. The van der Waals surface area contributed by atoms with Crippen LogP contribution in [-0.4, -0.2) is 9.97 Å². The molecular formula is C13H15FN2S. The molecule has 0 atom stereocenters. The molecule has 17 heavy (non-hydrogen) atoms. The van der Waals surface area contributed by atoms with Gasteiger partial charge in [0.15, 0.2) is 0 Å². The zero-order valence-electron chi connectivity index (χ0n) is 10.4. The Labute approximate surface area is 105 Å². The number of halogens is 1. The van der Waals surface area contributed by atoms with Crippen molar-refractivity contribution in [3.63, 3.8) is 0 Å². The van der Waals surface area contributed by atoms with Gasteiger partial charge in [-0.3, -0.25) is 0 Å². The van der Waals surface area contributed by atoms with E-state index in [0.29, 0.717) is 21.6 Å². The summed E-state index contributed by atoms with van der Waals surface area (Å²) < 4.78 is 14.7. The van der Waals surface area contributed by atoms with E-state index in [1.807, 2.05) is 26.8 Å². The van der Waals surface area contributed by atoms with E-state index >= 15 is 0 Å². The van der Waals surface area contributed by atoms with Crippen LogP contribution in [0.2, 0.25) is 0 Å². The minimum Gasteiger partial charge on any atom is -0.343 e. The Hall–Kier alpha value is -1.29. The maximum Gasteiger partial charge on any atom is 0.142 e. The Bertz CT molecular complexity index is 601. The van der Waals surface area contributed by atoms with Gasteiger partial charge in [0.2, 0.25) is 0 Å². The lowest BCUT2D eigenvalue weighted by atomic mass is 10.0. The molecule has 0 aromatic carbocycles. The lowest BCUT2D eigenvalue weighted by molar-refractivity contribution is 0.614. The quantitative estimate of drug-likeness (QED) is 0.771. The van der Waals surface area contributed by atoms with Gasteiger partial charge in [-0.2, -0.15) is 0 Å². The Morgan fingerprint density at radius 1 is 1.35 bits per heavy atom. The first-order chi connectivity index (χ1) is 7.91. The summed E-state index contributed by atoms with van der Waals surface area (Å²) in [5.41, 5.74) is 2.86. The van der Waals surface area contributed by atoms with Gasteiger partial charge in [0.25, 0.3) is 0 Å². The number of rotatable bonds is 1. The number of hydrogen-bond acceptors (Lipinski definition) is 2. The van der Waals surface area contributed by atoms with Crippen molar-refractivity contribution in [2.75, 3.05) is 0 Å². The van der Waals surface area contributed by atoms with Gasteiger partial charge < -0.3 is 4.98 Å². The van der Waals surface area contributed by atoms with Crippen molar-refractivity contribution in [3.05, 3.63) is 33.3 Å². The Morgan fingerprint density at radius 3 is 2.59 bits per heavy atom. The predicted octanol–water partition coefficient (Wildman–Crippen LogP) is 4.12. The Morgan fingerprint density at radius 2 is 2.00 bits per heavy atom. The van der Waals surface area contributed by atoms with Crippen LogP contribution in [0.25, 0.3) is 11.4 Å². The van der Waals surface area contributed by atoms with E-state index in [9.17, 15) is 4.39 Å². The van der Waals surface area contributed by atoms with Gasteiger partial charge in [-0.05, 0) is 31.4 Å². The SMILES string of the molecule is Cc1[nH]c2nc(=S)c(C(C)C)cc-2c(F)c1C. The number of aromatic amines is 1. The number of nitrogens with zero attached hydrogens (tertiary/aromatic N) is 1. The molecule has 2 aliphatic heterocycles. The highest BCUT2D eigenvalue weighted by Gasteiger charge is 2.17. The van der Waals surface area contributed by atoms with E-state index in [2.05, 4.69) is 9.97 Å². The molecule has 2 rings (SSSR count). The van der Waals surface area contributed by atoms with Gasteiger partial charge in [-0.25, -0.2) is 9.37 Å². The van der Waals surface area contributed by atoms with Crippen LogP contribution in [-0.2, 0) is 0 Å². The zero-order valence-corrected chi connectivity index (χ0v) is 11.2. The number of pyridine rings is 2. The summed E-state index contributed by atoms with van der Waals surface area (Å²) in [6, 6.07) is 1.81. The molecule has 0 aromatic rings. The summed E-state index contributed by atoms with van der Waals surface area (Å²) in [6.07, 6.45) is 0. The van der Waals surface area contributed by atoms with Crippen molar-refractivity contribution in [1.82, 2.24) is 9.97 Å². The number of H-pyrrole nitrogens is 1. The molecule has 0 saturated heterocycles. The van der Waals surface area contributed by atoms with E-state index in [1.54, 1.807) is 6.92 Å². The average molecular weight is 250 g/mol. The molecule has 1 N–H and O–H groups in total. The van der Waals surface area contributed by atoms with E-state index in [0.717, 1.165) is 11.3 Å². The molecule has 0 unspecified atom stereocenters. The number of fused-ring (bicyclic) bond motifs is 1. The minimum atomic E-state index is -0.208. The van der Waals surface area contributed by atoms with Crippen LogP contribution in [0.1, 0.15) is 36.6 Å². The van der Waals surface area contributed by atoms with Crippen molar-refractivity contribution in [2.45, 2.75) is 33.6 Å². The fourth-order valence-electron chi connectivity index (χ4n) is 1.83. The number of aryl methyl sites for hydroxylation is 1. The fourth-order valence-corrected chi connectivity index (χ4v) is 2.21. The summed E-state index contributed by atoms with van der Waals surface area (Å²) in [4.78, 5) is 7.37. The van der Waals surface area contributed by atoms with Gasteiger partial charge in [-0.15, -0.1) is 0 Å². The first kappa shape index (κ1) is 12.2. The summed E-state index contributed by atoms with van der Waals surface area (Å²) >= 11 is 5.22. The Balaban J connectivity index is 2.86.